The van der Waals surface area contributed by atoms with E-state index in [2.05, 4.69) is 15.5 Å². The lowest BCUT2D eigenvalue weighted by Crippen LogP contribution is -2.13. The van der Waals surface area contributed by atoms with Crippen molar-refractivity contribution >= 4 is 11.6 Å². The molecule has 2 aromatic rings. The highest BCUT2D eigenvalue weighted by molar-refractivity contribution is 6.05. The SMILES string of the molecule is CCn1cc(C(=O)Nc2cnn(C)c2C)c(C)n1. The van der Waals surface area contributed by atoms with E-state index in [1.807, 2.05) is 27.8 Å². The highest BCUT2D eigenvalue weighted by atomic mass is 16.1. The lowest BCUT2D eigenvalue weighted by Gasteiger charge is -2.03. The van der Waals surface area contributed by atoms with Crippen LogP contribution in [0.2, 0.25) is 0 Å². The van der Waals surface area contributed by atoms with Crippen molar-refractivity contribution in [3.8, 4) is 0 Å². The standard InChI is InChI=1S/C12H17N5O/c1-5-17-7-10(8(2)15-17)12(18)14-11-6-13-16(4)9(11)3/h6-7H,5H2,1-4H3,(H,14,18). The molecule has 2 aromatic heterocycles. The third-order valence-corrected chi connectivity index (χ3v) is 3.00. The van der Waals surface area contributed by atoms with Gasteiger partial charge in [0.1, 0.15) is 0 Å². The topological polar surface area (TPSA) is 64.7 Å². The summed E-state index contributed by atoms with van der Waals surface area (Å²) in [6.45, 7) is 6.47. The second-order valence-electron chi connectivity index (χ2n) is 4.21. The van der Waals surface area contributed by atoms with E-state index in [1.165, 1.54) is 0 Å². The molecular formula is C12H17N5O. The second kappa shape index (κ2) is 4.64. The average molecular weight is 247 g/mol. The molecule has 0 aliphatic carbocycles. The summed E-state index contributed by atoms with van der Waals surface area (Å²) in [6, 6.07) is 0. The van der Waals surface area contributed by atoms with Gasteiger partial charge in [-0.25, -0.2) is 0 Å². The first-order valence-corrected chi connectivity index (χ1v) is 5.87. The van der Waals surface area contributed by atoms with E-state index in [4.69, 9.17) is 0 Å². The summed E-state index contributed by atoms with van der Waals surface area (Å²) in [7, 11) is 1.84. The number of aromatic nitrogens is 4. The van der Waals surface area contributed by atoms with Crippen molar-refractivity contribution in [3.63, 3.8) is 0 Å². The molecule has 2 heterocycles. The van der Waals surface area contributed by atoms with Gasteiger partial charge < -0.3 is 5.32 Å². The van der Waals surface area contributed by atoms with Crippen LogP contribution in [0.15, 0.2) is 12.4 Å². The van der Waals surface area contributed by atoms with Gasteiger partial charge in [-0.15, -0.1) is 0 Å². The molecule has 0 atom stereocenters. The fourth-order valence-electron chi connectivity index (χ4n) is 1.71. The van der Waals surface area contributed by atoms with E-state index in [0.29, 0.717) is 5.56 Å². The predicted molar refractivity (Wildman–Crippen MR) is 68.5 cm³/mol. The van der Waals surface area contributed by atoms with Crippen LogP contribution in [0.25, 0.3) is 0 Å². The summed E-state index contributed by atoms with van der Waals surface area (Å²) < 4.78 is 3.47. The van der Waals surface area contributed by atoms with Gasteiger partial charge in [0.25, 0.3) is 5.91 Å². The maximum absolute atomic E-state index is 12.1. The Morgan fingerprint density at radius 3 is 2.67 bits per heavy atom. The number of anilines is 1. The number of aryl methyl sites for hydroxylation is 3. The molecule has 1 amide bonds. The zero-order chi connectivity index (χ0) is 13.3. The molecule has 0 fully saturated rings. The van der Waals surface area contributed by atoms with Crippen LogP contribution >= 0.6 is 0 Å². The Morgan fingerprint density at radius 1 is 1.44 bits per heavy atom. The Morgan fingerprint density at radius 2 is 2.17 bits per heavy atom. The molecule has 6 nitrogen and oxygen atoms in total. The van der Waals surface area contributed by atoms with Crippen molar-refractivity contribution in [1.82, 2.24) is 19.6 Å². The summed E-state index contributed by atoms with van der Waals surface area (Å²) in [5.74, 6) is -0.150. The molecule has 0 radical (unpaired) electrons. The molecule has 18 heavy (non-hydrogen) atoms. The zero-order valence-electron chi connectivity index (χ0n) is 11.1. The van der Waals surface area contributed by atoms with E-state index in [-0.39, 0.29) is 5.91 Å². The largest absolute Gasteiger partial charge is 0.319 e. The van der Waals surface area contributed by atoms with Gasteiger partial charge in [0.15, 0.2) is 0 Å². The fraction of sp³-hybridized carbons (Fsp3) is 0.417. The number of carbonyl (C=O) groups excluding carboxylic acids is 1. The van der Waals surface area contributed by atoms with E-state index in [9.17, 15) is 4.79 Å². The van der Waals surface area contributed by atoms with Gasteiger partial charge >= 0.3 is 0 Å². The Kier molecular flexibility index (Phi) is 3.18. The molecule has 0 aliphatic heterocycles. The summed E-state index contributed by atoms with van der Waals surface area (Å²) in [4.78, 5) is 12.1. The van der Waals surface area contributed by atoms with Crippen LogP contribution < -0.4 is 5.32 Å². The molecule has 0 aliphatic rings. The number of amides is 1. The van der Waals surface area contributed by atoms with Crippen LogP contribution in [0.1, 0.15) is 28.7 Å². The second-order valence-corrected chi connectivity index (χ2v) is 4.21. The minimum atomic E-state index is -0.150. The number of rotatable bonds is 3. The van der Waals surface area contributed by atoms with Gasteiger partial charge in [-0.2, -0.15) is 10.2 Å². The average Bonchev–Trinajstić information content (AvgIpc) is 2.86. The van der Waals surface area contributed by atoms with E-state index < -0.39 is 0 Å². The summed E-state index contributed by atoms with van der Waals surface area (Å²) >= 11 is 0. The summed E-state index contributed by atoms with van der Waals surface area (Å²) in [5.41, 5.74) is 2.98. The Bertz CT molecular complexity index is 581. The number of nitrogens with one attached hydrogen (secondary N) is 1. The smallest absolute Gasteiger partial charge is 0.259 e. The quantitative estimate of drug-likeness (QED) is 0.894. The normalized spacial score (nSPS) is 10.7. The van der Waals surface area contributed by atoms with Crippen LogP contribution in [-0.4, -0.2) is 25.5 Å². The maximum atomic E-state index is 12.1. The minimum absolute atomic E-state index is 0.150. The monoisotopic (exact) mass is 247 g/mol. The first-order chi connectivity index (χ1) is 8.52. The molecule has 0 unspecified atom stereocenters. The Labute approximate surface area is 106 Å². The van der Waals surface area contributed by atoms with Crippen LogP contribution in [0.4, 0.5) is 5.69 Å². The molecule has 6 heteroatoms. The van der Waals surface area contributed by atoms with Gasteiger partial charge in [-0.3, -0.25) is 14.2 Å². The van der Waals surface area contributed by atoms with Crippen molar-refractivity contribution in [2.45, 2.75) is 27.3 Å². The van der Waals surface area contributed by atoms with Gasteiger partial charge in [-0.1, -0.05) is 0 Å². The number of carbonyl (C=O) groups is 1. The molecule has 0 saturated carbocycles. The van der Waals surface area contributed by atoms with Crippen molar-refractivity contribution in [2.75, 3.05) is 5.32 Å². The number of hydrogen-bond acceptors (Lipinski definition) is 3. The highest BCUT2D eigenvalue weighted by Crippen LogP contribution is 2.15. The molecule has 0 spiro atoms. The minimum Gasteiger partial charge on any atom is -0.319 e. The van der Waals surface area contributed by atoms with E-state index >= 15 is 0 Å². The van der Waals surface area contributed by atoms with Gasteiger partial charge in [0.2, 0.25) is 0 Å². The first-order valence-electron chi connectivity index (χ1n) is 5.87. The van der Waals surface area contributed by atoms with Crippen molar-refractivity contribution < 1.29 is 4.79 Å². The van der Waals surface area contributed by atoms with Crippen LogP contribution in [0.3, 0.4) is 0 Å². The number of nitrogens with zero attached hydrogens (tertiary/aromatic N) is 4. The van der Waals surface area contributed by atoms with Crippen LogP contribution in [-0.2, 0) is 13.6 Å². The van der Waals surface area contributed by atoms with Crippen molar-refractivity contribution in [2.24, 2.45) is 7.05 Å². The molecule has 1 N–H and O–H groups in total. The Balaban J connectivity index is 2.21. The molecule has 0 saturated heterocycles. The van der Waals surface area contributed by atoms with Crippen molar-refractivity contribution in [1.29, 1.82) is 0 Å². The molecule has 0 aromatic carbocycles. The first kappa shape index (κ1) is 12.3. The van der Waals surface area contributed by atoms with Gasteiger partial charge in [-0.05, 0) is 20.8 Å². The Hall–Kier alpha value is -2.11. The van der Waals surface area contributed by atoms with Gasteiger partial charge in [0.05, 0.1) is 28.8 Å². The van der Waals surface area contributed by atoms with Crippen LogP contribution in [0, 0.1) is 13.8 Å². The zero-order valence-corrected chi connectivity index (χ0v) is 11.1. The lowest BCUT2D eigenvalue weighted by atomic mass is 10.2. The molecule has 96 valence electrons. The molecular weight excluding hydrogens is 230 g/mol. The third kappa shape index (κ3) is 2.13. The summed E-state index contributed by atoms with van der Waals surface area (Å²) in [5, 5.41) is 11.2. The van der Waals surface area contributed by atoms with Gasteiger partial charge in [0, 0.05) is 19.8 Å². The van der Waals surface area contributed by atoms with Crippen LogP contribution in [0.5, 0.6) is 0 Å². The van der Waals surface area contributed by atoms with E-state index in [1.54, 1.807) is 21.8 Å². The lowest BCUT2D eigenvalue weighted by molar-refractivity contribution is 0.102. The molecule has 2 rings (SSSR count). The third-order valence-electron chi connectivity index (χ3n) is 3.00. The maximum Gasteiger partial charge on any atom is 0.259 e. The number of hydrogen-bond donors (Lipinski definition) is 1. The van der Waals surface area contributed by atoms with Crippen molar-refractivity contribution in [3.05, 3.63) is 29.3 Å². The fourth-order valence-corrected chi connectivity index (χ4v) is 1.71. The summed E-state index contributed by atoms with van der Waals surface area (Å²) in [6.07, 6.45) is 3.41. The predicted octanol–water partition coefficient (Wildman–Crippen LogP) is 1.51. The molecule has 0 bridgehead atoms. The highest BCUT2D eigenvalue weighted by Gasteiger charge is 2.15. The van der Waals surface area contributed by atoms with E-state index in [0.717, 1.165) is 23.6 Å².